The number of nitrogens with one attached hydrogen (secondary N) is 2. The average molecular weight is 268 g/mol. The van der Waals surface area contributed by atoms with Gasteiger partial charge in [-0.05, 0) is 41.0 Å². The van der Waals surface area contributed by atoms with Crippen molar-refractivity contribution in [3.8, 4) is 0 Å². The number of rotatable bonds is 3. The van der Waals surface area contributed by atoms with Crippen LogP contribution in [0.15, 0.2) is 34.5 Å². The molecule has 0 bridgehead atoms. The van der Waals surface area contributed by atoms with Gasteiger partial charge in [0.15, 0.2) is 0 Å². The van der Waals surface area contributed by atoms with Crippen LogP contribution < -0.4 is 10.6 Å². The summed E-state index contributed by atoms with van der Waals surface area (Å²) < 4.78 is 1.01. The second-order valence-corrected chi connectivity index (χ2v) is 4.36. The van der Waals surface area contributed by atoms with E-state index in [0.717, 1.165) is 36.3 Å². The standard InChI is InChI=1S/C11H14BrN3/c12-10-2-1-5-14-11(10)15-8-9-3-6-13-7-4-9/h1-3,5,13H,4,6-8H2,(H,14,15). The van der Waals surface area contributed by atoms with Crippen LogP contribution in [0, 0.1) is 0 Å². The molecule has 0 saturated carbocycles. The van der Waals surface area contributed by atoms with E-state index in [-0.39, 0.29) is 0 Å². The van der Waals surface area contributed by atoms with Crippen molar-refractivity contribution in [2.24, 2.45) is 0 Å². The maximum Gasteiger partial charge on any atom is 0.140 e. The molecule has 2 rings (SSSR count). The summed E-state index contributed by atoms with van der Waals surface area (Å²) in [5, 5.41) is 6.62. The smallest absolute Gasteiger partial charge is 0.140 e. The van der Waals surface area contributed by atoms with Gasteiger partial charge in [0.05, 0.1) is 4.47 Å². The molecular weight excluding hydrogens is 254 g/mol. The Labute approximate surface area is 98.1 Å². The van der Waals surface area contributed by atoms with Crippen LogP contribution in [0.4, 0.5) is 5.82 Å². The molecule has 1 aliphatic rings. The molecule has 0 aromatic carbocycles. The molecule has 0 unspecified atom stereocenters. The van der Waals surface area contributed by atoms with E-state index in [1.165, 1.54) is 5.57 Å². The highest BCUT2D eigenvalue weighted by atomic mass is 79.9. The largest absolute Gasteiger partial charge is 0.365 e. The summed E-state index contributed by atoms with van der Waals surface area (Å²) in [5.41, 5.74) is 1.45. The van der Waals surface area contributed by atoms with Crippen LogP contribution in [0.1, 0.15) is 6.42 Å². The highest BCUT2D eigenvalue weighted by molar-refractivity contribution is 9.10. The first-order chi connectivity index (χ1) is 7.36. The van der Waals surface area contributed by atoms with Crippen LogP contribution in [0.3, 0.4) is 0 Å². The molecule has 2 heterocycles. The van der Waals surface area contributed by atoms with Crippen molar-refractivity contribution in [3.63, 3.8) is 0 Å². The summed E-state index contributed by atoms with van der Waals surface area (Å²) in [6.07, 6.45) is 5.16. The summed E-state index contributed by atoms with van der Waals surface area (Å²) in [7, 11) is 0. The summed E-state index contributed by atoms with van der Waals surface area (Å²) in [4.78, 5) is 4.26. The zero-order chi connectivity index (χ0) is 10.5. The molecule has 80 valence electrons. The van der Waals surface area contributed by atoms with Crippen molar-refractivity contribution < 1.29 is 0 Å². The lowest BCUT2D eigenvalue weighted by Gasteiger charge is -2.15. The lowest BCUT2D eigenvalue weighted by atomic mass is 10.1. The highest BCUT2D eigenvalue weighted by Gasteiger charge is 2.04. The van der Waals surface area contributed by atoms with Crippen molar-refractivity contribution in [1.29, 1.82) is 0 Å². The van der Waals surface area contributed by atoms with E-state index in [9.17, 15) is 0 Å². The van der Waals surface area contributed by atoms with Gasteiger partial charge in [-0.25, -0.2) is 4.98 Å². The van der Waals surface area contributed by atoms with Gasteiger partial charge in [0.25, 0.3) is 0 Å². The van der Waals surface area contributed by atoms with Crippen molar-refractivity contribution in [2.45, 2.75) is 6.42 Å². The number of pyridine rings is 1. The number of nitrogens with zero attached hydrogens (tertiary/aromatic N) is 1. The van der Waals surface area contributed by atoms with Gasteiger partial charge in [-0.15, -0.1) is 0 Å². The van der Waals surface area contributed by atoms with E-state index < -0.39 is 0 Å². The van der Waals surface area contributed by atoms with Crippen molar-refractivity contribution in [3.05, 3.63) is 34.5 Å². The molecule has 0 fully saturated rings. The monoisotopic (exact) mass is 267 g/mol. The first kappa shape index (κ1) is 10.6. The van der Waals surface area contributed by atoms with Gasteiger partial charge >= 0.3 is 0 Å². The second kappa shape index (κ2) is 5.28. The van der Waals surface area contributed by atoms with Crippen molar-refractivity contribution in [2.75, 3.05) is 25.0 Å². The third-order valence-corrected chi connectivity index (χ3v) is 3.04. The van der Waals surface area contributed by atoms with Crippen LogP contribution in [0.5, 0.6) is 0 Å². The number of anilines is 1. The van der Waals surface area contributed by atoms with Crippen LogP contribution in [-0.2, 0) is 0 Å². The van der Waals surface area contributed by atoms with Crippen molar-refractivity contribution in [1.82, 2.24) is 10.3 Å². The van der Waals surface area contributed by atoms with Crippen LogP contribution in [0.2, 0.25) is 0 Å². The lowest BCUT2D eigenvalue weighted by molar-refractivity contribution is 0.697. The fourth-order valence-corrected chi connectivity index (χ4v) is 1.94. The lowest BCUT2D eigenvalue weighted by Crippen LogP contribution is -2.23. The molecule has 1 aromatic rings. The Bertz CT molecular complexity index is 363. The normalized spacial score (nSPS) is 15.9. The van der Waals surface area contributed by atoms with Crippen LogP contribution >= 0.6 is 15.9 Å². The zero-order valence-corrected chi connectivity index (χ0v) is 10.0. The number of hydrogen-bond donors (Lipinski definition) is 2. The Morgan fingerprint density at radius 2 is 2.47 bits per heavy atom. The molecular formula is C11H14BrN3. The van der Waals surface area contributed by atoms with Gasteiger partial charge in [0.1, 0.15) is 5.82 Å². The third-order valence-electron chi connectivity index (χ3n) is 2.40. The molecule has 0 atom stereocenters. The Balaban J connectivity index is 1.93. The Hall–Kier alpha value is -0.870. The first-order valence-corrected chi connectivity index (χ1v) is 5.88. The number of hydrogen-bond acceptors (Lipinski definition) is 3. The van der Waals surface area contributed by atoms with Gasteiger partial charge in [-0.3, -0.25) is 0 Å². The summed E-state index contributed by atoms with van der Waals surface area (Å²) in [5.74, 6) is 0.914. The number of aromatic nitrogens is 1. The molecule has 0 amide bonds. The maximum atomic E-state index is 4.26. The fraction of sp³-hybridized carbons (Fsp3) is 0.364. The minimum Gasteiger partial charge on any atom is -0.365 e. The predicted octanol–water partition coefficient (Wildman–Crippen LogP) is 2.18. The zero-order valence-electron chi connectivity index (χ0n) is 8.46. The molecule has 1 aliphatic heterocycles. The minimum atomic E-state index is 0.886. The molecule has 15 heavy (non-hydrogen) atoms. The SMILES string of the molecule is Brc1cccnc1NCC1=CCNCC1. The molecule has 0 aliphatic carbocycles. The first-order valence-electron chi connectivity index (χ1n) is 5.09. The van der Waals surface area contributed by atoms with Gasteiger partial charge in [0.2, 0.25) is 0 Å². The fourth-order valence-electron chi connectivity index (χ4n) is 1.54. The second-order valence-electron chi connectivity index (χ2n) is 3.50. The van der Waals surface area contributed by atoms with E-state index >= 15 is 0 Å². The molecule has 3 nitrogen and oxygen atoms in total. The van der Waals surface area contributed by atoms with Gasteiger partial charge in [0, 0.05) is 19.3 Å². The van der Waals surface area contributed by atoms with Gasteiger partial charge in [-0.2, -0.15) is 0 Å². The van der Waals surface area contributed by atoms with E-state index in [4.69, 9.17) is 0 Å². The quantitative estimate of drug-likeness (QED) is 0.825. The summed E-state index contributed by atoms with van der Waals surface area (Å²) >= 11 is 3.46. The Morgan fingerprint density at radius 3 is 3.20 bits per heavy atom. The highest BCUT2D eigenvalue weighted by Crippen LogP contribution is 2.18. The van der Waals surface area contributed by atoms with Crippen molar-refractivity contribution >= 4 is 21.7 Å². The molecule has 2 N–H and O–H groups in total. The third kappa shape index (κ3) is 3.04. The molecule has 4 heteroatoms. The maximum absolute atomic E-state index is 4.26. The average Bonchev–Trinajstić information content (AvgIpc) is 2.29. The van der Waals surface area contributed by atoms with E-state index in [0.29, 0.717) is 0 Å². The predicted molar refractivity (Wildman–Crippen MR) is 66.0 cm³/mol. The molecule has 1 aromatic heterocycles. The Kier molecular flexibility index (Phi) is 3.75. The van der Waals surface area contributed by atoms with E-state index in [1.807, 2.05) is 12.1 Å². The van der Waals surface area contributed by atoms with Crippen LogP contribution in [-0.4, -0.2) is 24.6 Å². The number of halogens is 1. The van der Waals surface area contributed by atoms with E-state index in [1.54, 1.807) is 6.20 Å². The summed E-state index contributed by atoms with van der Waals surface area (Å²) in [6, 6.07) is 3.91. The molecule has 0 spiro atoms. The van der Waals surface area contributed by atoms with E-state index in [2.05, 4.69) is 37.6 Å². The van der Waals surface area contributed by atoms with Gasteiger partial charge in [-0.1, -0.05) is 11.6 Å². The molecule has 0 saturated heterocycles. The Morgan fingerprint density at radius 1 is 1.53 bits per heavy atom. The minimum absolute atomic E-state index is 0.886. The van der Waals surface area contributed by atoms with Crippen LogP contribution in [0.25, 0.3) is 0 Å². The molecule has 0 radical (unpaired) electrons. The summed E-state index contributed by atoms with van der Waals surface area (Å²) in [6.45, 7) is 2.95. The topological polar surface area (TPSA) is 37.0 Å². The van der Waals surface area contributed by atoms with Gasteiger partial charge < -0.3 is 10.6 Å².